The van der Waals surface area contributed by atoms with E-state index >= 15 is 0 Å². The number of halogens is 4. The summed E-state index contributed by atoms with van der Waals surface area (Å²) < 4.78 is 43.6. The highest BCUT2D eigenvalue weighted by Gasteiger charge is 2.38. The molecule has 0 atom stereocenters. The number of aliphatic carboxylic acids is 1. The molecule has 0 spiro atoms. The zero-order chi connectivity index (χ0) is 11.2. The van der Waals surface area contributed by atoms with Gasteiger partial charge in [0, 0.05) is 6.20 Å². The minimum absolute atomic E-state index is 0.385. The van der Waals surface area contributed by atoms with Crippen LogP contribution in [0.25, 0.3) is 0 Å². The molecule has 1 aliphatic rings. The Balaban J connectivity index is 0.000000241. The topological polar surface area (TPSA) is 40.5 Å². The molecule has 1 heterocycles. The van der Waals surface area contributed by atoms with Gasteiger partial charge in [0.25, 0.3) is 0 Å². The van der Waals surface area contributed by atoms with Crippen LogP contribution in [0.4, 0.5) is 17.7 Å². The van der Waals surface area contributed by atoms with Crippen molar-refractivity contribution in [3.05, 3.63) is 24.4 Å². The minimum Gasteiger partial charge on any atom is -0.475 e. The molecule has 0 fully saturated rings. The van der Waals surface area contributed by atoms with Gasteiger partial charge in [-0.25, -0.2) is 9.92 Å². The molecule has 0 aromatic carbocycles. The number of carboxylic acids is 1. The number of alkyl halides is 3. The summed E-state index contributed by atoms with van der Waals surface area (Å²) in [6.45, 7) is 0.385. The number of hydrogen-bond acceptors (Lipinski definition) is 2. The summed E-state index contributed by atoms with van der Waals surface area (Å²) in [6.07, 6.45) is 1.53. The Hall–Kier alpha value is -1.53. The smallest absolute Gasteiger partial charge is 0.475 e. The van der Waals surface area contributed by atoms with Gasteiger partial charge < -0.3 is 5.11 Å². The van der Waals surface area contributed by atoms with Crippen LogP contribution in [0, 0.1) is 0 Å². The van der Waals surface area contributed by atoms with E-state index in [9.17, 15) is 17.7 Å². The number of carbonyl (C=O) groups is 1. The molecule has 0 unspecified atom stereocenters. The van der Waals surface area contributed by atoms with Gasteiger partial charge in [-0.15, -0.1) is 4.48 Å². The Bertz CT molecular complexity index is 247. The molecule has 1 aliphatic heterocycles. The lowest BCUT2D eigenvalue weighted by Gasteiger charge is -2.05. The average Bonchev–Trinajstić information content (AvgIpc) is 2.04. The lowest BCUT2D eigenvalue weighted by atomic mass is 10.4. The SMILES string of the molecule is FN1C=CC=CC1.O=C(O)C(F)(F)F. The van der Waals surface area contributed by atoms with Gasteiger partial charge in [-0.1, -0.05) is 12.2 Å². The van der Waals surface area contributed by atoms with Crippen molar-refractivity contribution in [3.8, 4) is 0 Å². The lowest BCUT2D eigenvalue weighted by molar-refractivity contribution is -0.192. The molecular formula is C7H7F4NO2. The summed E-state index contributed by atoms with van der Waals surface area (Å²) in [6, 6.07) is 0. The highest BCUT2D eigenvalue weighted by molar-refractivity contribution is 5.73. The standard InChI is InChI=1S/C5H6FN.C2HF3O2/c6-7-4-2-1-3-5-7;3-2(4,5)1(6)7/h1-4H,5H2;(H,6,7). The van der Waals surface area contributed by atoms with Crippen LogP contribution in [0.3, 0.4) is 0 Å². The monoisotopic (exact) mass is 213 g/mol. The number of carboxylic acid groups (broad SMARTS) is 1. The van der Waals surface area contributed by atoms with E-state index in [1.165, 1.54) is 6.20 Å². The van der Waals surface area contributed by atoms with Gasteiger partial charge in [-0.05, 0) is 6.08 Å². The van der Waals surface area contributed by atoms with E-state index < -0.39 is 12.1 Å². The first-order chi connectivity index (χ1) is 6.34. The zero-order valence-electron chi connectivity index (χ0n) is 6.83. The van der Waals surface area contributed by atoms with Gasteiger partial charge in [-0.3, -0.25) is 0 Å². The molecule has 0 saturated carbocycles. The number of nitrogens with zero attached hydrogens (tertiary/aromatic N) is 1. The largest absolute Gasteiger partial charge is 0.490 e. The third kappa shape index (κ3) is 6.04. The molecule has 7 heteroatoms. The summed E-state index contributed by atoms with van der Waals surface area (Å²) in [5.41, 5.74) is 0. The molecular weight excluding hydrogens is 206 g/mol. The van der Waals surface area contributed by atoms with E-state index in [0.717, 1.165) is 0 Å². The third-order valence-electron chi connectivity index (χ3n) is 1.02. The summed E-state index contributed by atoms with van der Waals surface area (Å²) >= 11 is 0. The van der Waals surface area contributed by atoms with Gasteiger partial charge >= 0.3 is 12.1 Å². The molecule has 14 heavy (non-hydrogen) atoms. The molecule has 0 aromatic rings. The summed E-state index contributed by atoms with van der Waals surface area (Å²) in [5, 5.41) is 7.75. The van der Waals surface area contributed by atoms with E-state index in [1.807, 2.05) is 6.08 Å². The van der Waals surface area contributed by atoms with Crippen LogP contribution in [0.2, 0.25) is 0 Å². The predicted molar refractivity (Wildman–Crippen MR) is 39.8 cm³/mol. The number of allylic oxidation sites excluding steroid dienone is 2. The van der Waals surface area contributed by atoms with Crippen LogP contribution >= 0.6 is 0 Å². The van der Waals surface area contributed by atoms with Gasteiger partial charge in [0.15, 0.2) is 0 Å². The maximum atomic E-state index is 11.9. The second-order valence-corrected chi connectivity index (χ2v) is 2.15. The molecule has 1 rings (SSSR count). The maximum Gasteiger partial charge on any atom is 0.490 e. The fraction of sp³-hybridized carbons (Fsp3) is 0.286. The van der Waals surface area contributed by atoms with E-state index in [0.29, 0.717) is 11.7 Å². The van der Waals surface area contributed by atoms with E-state index in [4.69, 9.17) is 9.90 Å². The first kappa shape index (κ1) is 12.5. The van der Waals surface area contributed by atoms with Crippen LogP contribution < -0.4 is 0 Å². The molecule has 0 radical (unpaired) electrons. The van der Waals surface area contributed by atoms with E-state index in [-0.39, 0.29) is 0 Å². The van der Waals surface area contributed by atoms with Crippen molar-refractivity contribution in [1.82, 2.24) is 5.12 Å². The highest BCUT2D eigenvalue weighted by atomic mass is 19.4. The Morgan fingerprint density at radius 2 is 1.86 bits per heavy atom. The van der Waals surface area contributed by atoms with Crippen LogP contribution in [-0.2, 0) is 4.79 Å². The second kappa shape index (κ2) is 5.25. The highest BCUT2D eigenvalue weighted by Crippen LogP contribution is 2.13. The summed E-state index contributed by atoms with van der Waals surface area (Å²) in [7, 11) is 0. The molecule has 3 nitrogen and oxygen atoms in total. The molecule has 0 saturated heterocycles. The second-order valence-electron chi connectivity index (χ2n) is 2.15. The Kier molecular flexibility index (Phi) is 4.68. The predicted octanol–water partition coefficient (Wildman–Crippen LogP) is 1.89. The normalized spacial score (nSPS) is 14.7. The van der Waals surface area contributed by atoms with Gasteiger partial charge in [0.1, 0.15) is 0 Å². The average molecular weight is 213 g/mol. The fourth-order valence-electron chi connectivity index (χ4n) is 0.444. The van der Waals surface area contributed by atoms with Crippen molar-refractivity contribution >= 4 is 5.97 Å². The Morgan fingerprint density at radius 1 is 1.36 bits per heavy atom. The molecule has 80 valence electrons. The van der Waals surface area contributed by atoms with Gasteiger partial charge in [0.2, 0.25) is 0 Å². The zero-order valence-corrected chi connectivity index (χ0v) is 6.83. The van der Waals surface area contributed by atoms with Crippen molar-refractivity contribution in [2.24, 2.45) is 0 Å². The molecule has 0 amide bonds. The van der Waals surface area contributed by atoms with Crippen molar-refractivity contribution in [2.75, 3.05) is 6.54 Å². The summed E-state index contributed by atoms with van der Waals surface area (Å²) in [4.78, 5) is 8.90. The van der Waals surface area contributed by atoms with Gasteiger partial charge in [0.05, 0.1) is 6.54 Å². The molecule has 0 aliphatic carbocycles. The van der Waals surface area contributed by atoms with Crippen LogP contribution in [0.5, 0.6) is 0 Å². The van der Waals surface area contributed by atoms with Crippen LogP contribution in [0.1, 0.15) is 0 Å². The molecule has 0 bridgehead atoms. The maximum absolute atomic E-state index is 11.9. The molecule has 1 N–H and O–H groups in total. The quantitative estimate of drug-likeness (QED) is 0.493. The first-order valence-corrected chi connectivity index (χ1v) is 3.40. The third-order valence-corrected chi connectivity index (χ3v) is 1.02. The number of hydrogen-bond donors (Lipinski definition) is 1. The van der Waals surface area contributed by atoms with Crippen LogP contribution in [0.15, 0.2) is 24.4 Å². The van der Waals surface area contributed by atoms with Gasteiger partial charge in [-0.2, -0.15) is 13.2 Å². The summed E-state index contributed by atoms with van der Waals surface area (Å²) in [5.74, 6) is -2.76. The minimum atomic E-state index is -5.08. The van der Waals surface area contributed by atoms with E-state index in [1.54, 1.807) is 12.2 Å². The van der Waals surface area contributed by atoms with Crippen molar-refractivity contribution < 1.29 is 27.6 Å². The van der Waals surface area contributed by atoms with Crippen molar-refractivity contribution in [3.63, 3.8) is 0 Å². The number of rotatable bonds is 0. The van der Waals surface area contributed by atoms with Crippen molar-refractivity contribution in [1.29, 1.82) is 0 Å². The first-order valence-electron chi connectivity index (χ1n) is 3.40. The fourth-order valence-corrected chi connectivity index (χ4v) is 0.444. The molecule has 0 aromatic heterocycles. The lowest BCUT2D eigenvalue weighted by Crippen LogP contribution is -2.21. The Labute approximate surface area is 76.9 Å². The van der Waals surface area contributed by atoms with Crippen molar-refractivity contribution in [2.45, 2.75) is 6.18 Å². The Morgan fingerprint density at radius 3 is 2.00 bits per heavy atom. The van der Waals surface area contributed by atoms with Crippen LogP contribution in [-0.4, -0.2) is 28.9 Å². The van der Waals surface area contributed by atoms with E-state index in [2.05, 4.69) is 0 Å².